The molecule has 0 radical (unpaired) electrons. The van der Waals surface area contributed by atoms with Crippen molar-refractivity contribution in [2.45, 2.75) is 51.5 Å². The van der Waals surface area contributed by atoms with Crippen LogP contribution in [0.3, 0.4) is 0 Å². The number of hydrogen-bond acceptors (Lipinski definition) is 2. The number of para-hydroxylation sites is 1. The van der Waals surface area contributed by atoms with E-state index in [2.05, 4.69) is 5.32 Å². The number of nitrogens with one attached hydrogen (secondary N) is 1. The normalized spacial score (nSPS) is 15.5. The van der Waals surface area contributed by atoms with E-state index in [1.54, 1.807) is 18.0 Å². The number of rotatable bonds is 4. The summed E-state index contributed by atoms with van der Waals surface area (Å²) in [6.45, 7) is 1.82. The Kier molecular flexibility index (Phi) is 5.37. The van der Waals surface area contributed by atoms with Crippen molar-refractivity contribution >= 4 is 17.5 Å². The zero-order chi connectivity index (χ0) is 15.2. The minimum Gasteiger partial charge on any atom is -0.349 e. The van der Waals surface area contributed by atoms with Gasteiger partial charge in [0.15, 0.2) is 0 Å². The Hall–Kier alpha value is -1.84. The first-order valence-electron chi connectivity index (χ1n) is 7.80. The predicted octanol–water partition coefficient (Wildman–Crippen LogP) is 3.12. The molecule has 1 aliphatic rings. The molecule has 1 aromatic carbocycles. The second-order valence-corrected chi connectivity index (χ2v) is 5.63. The summed E-state index contributed by atoms with van der Waals surface area (Å²) in [6.07, 6.45) is 6.16. The minimum atomic E-state index is -0.0757. The van der Waals surface area contributed by atoms with Gasteiger partial charge in [0, 0.05) is 19.5 Å². The van der Waals surface area contributed by atoms with Crippen LogP contribution in [0.15, 0.2) is 24.3 Å². The van der Waals surface area contributed by atoms with Gasteiger partial charge in [0.25, 0.3) is 5.91 Å². The van der Waals surface area contributed by atoms with E-state index in [0.29, 0.717) is 17.7 Å². The third-order valence-electron chi connectivity index (χ3n) is 4.13. The van der Waals surface area contributed by atoms with Crippen LogP contribution in [-0.4, -0.2) is 24.9 Å². The Morgan fingerprint density at radius 3 is 2.52 bits per heavy atom. The molecular formula is C17H24N2O2. The van der Waals surface area contributed by atoms with Gasteiger partial charge in [0.05, 0.1) is 11.3 Å². The standard InChI is InChI=1S/C17H24N2O2/c1-3-16(20)19(2)15-12-8-7-11-14(15)17(21)18-13-9-5-4-6-10-13/h7-8,11-13H,3-6,9-10H2,1-2H3,(H,18,21). The van der Waals surface area contributed by atoms with Gasteiger partial charge in [-0.05, 0) is 25.0 Å². The van der Waals surface area contributed by atoms with E-state index in [1.807, 2.05) is 25.1 Å². The highest BCUT2D eigenvalue weighted by Gasteiger charge is 2.20. The van der Waals surface area contributed by atoms with Crippen molar-refractivity contribution in [1.82, 2.24) is 5.32 Å². The number of carbonyl (C=O) groups is 2. The van der Waals surface area contributed by atoms with Crippen LogP contribution in [0.2, 0.25) is 0 Å². The fourth-order valence-electron chi connectivity index (χ4n) is 2.84. The van der Waals surface area contributed by atoms with Gasteiger partial charge in [-0.15, -0.1) is 0 Å². The van der Waals surface area contributed by atoms with Crippen molar-refractivity contribution in [2.75, 3.05) is 11.9 Å². The maximum atomic E-state index is 12.5. The molecule has 2 amide bonds. The van der Waals surface area contributed by atoms with Crippen molar-refractivity contribution in [1.29, 1.82) is 0 Å². The van der Waals surface area contributed by atoms with Crippen LogP contribution in [0.5, 0.6) is 0 Å². The molecule has 21 heavy (non-hydrogen) atoms. The molecular weight excluding hydrogens is 264 g/mol. The fourth-order valence-corrected chi connectivity index (χ4v) is 2.84. The lowest BCUT2D eigenvalue weighted by atomic mass is 9.95. The first kappa shape index (κ1) is 15.5. The number of benzene rings is 1. The molecule has 0 atom stereocenters. The van der Waals surface area contributed by atoms with Crippen LogP contribution < -0.4 is 10.2 Å². The van der Waals surface area contributed by atoms with E-state index >= 15 is 0 Å². The highest BCUT2D eigenvalue weighted by Crippen LogP contribution is 2.22. The number of hydrogen-bond donors (Lipinski definition) is 1. The summed E-state index contributed by atoms with van der Waals surface area (Å²) >= 11 is 0. The maximum absolute atomic E-state index is 12.5. The lowest BCUT2D eigenvalue weighted by Gasteiger charge is -2.24. The highest BCUT2D eigenvalue weighted by atomic mass is 16.2. The summed E-state index contributed by atoms with van der Waals surface area (Å²) in [6, 6.07) is 7.57. The molecule has 1 N–H and O–H groups in total. The summed E-state index contributed by atoms with van der Waals surface area (Å²) in [7, 11) is 1.72. The smallest absolute Gasteiger partial charge is 0.253 e. The number of amides is 2. The molecule has 1 saturated carbocycles. The van der Waals surface area contributed by atoms with E-state index < -0.39 is 0 Å². The molecule has 0 unspecified atom stereocenters. The van der Waals surface area contributed by atoms with Crippen LogP contribution in [0.25, 0.3) is 0 Å². The van der Waals surface area contributed by atoms with Crippen molar-refractivity contribution in [3.05, 3.63) is 29.8 Å². The second-order valence-electron chi connectivity index (χ2n) is 5.63. The fraction of sp³-hybridized carbons (Fsp3) is 0.529. The summed E-state index contributed by atoms with van der Waals surface area (Å²) in [5, 5.41) is 3.11. The molecule has 1 aromatic rings. The first-order valence-corrected chi connectivity index (χ1v) is 7.80. The summed E-state index contributed by atoms with van der Waals surface area (Å²) in [5.74, 6) is -0.0684. The quantitative estimate of drug-likeness (QED) is 0.925. The van der Waals surface area contributed by atoms with E-state index in [9.17, 15) is 9.59 Å². The third-order valence-corrected chi connectivity index (χ3v) is 4.13. The maximum Gasteiger partial charge on any atom is 0.253 e. The van der Waals surface area contributed by atoms with E-state index in [4.69, 9.17) is 0 Å². The van der Waals surface area contributed by atoms with Crippen molar-refractivity contribution in [3.63, 3.8) is 0 Å². The van der Waals surface area contributed by atoms with Gasteiger partial charge in [-0.3, -0.25) is 9.59 Å². The zero-order valence-electron chi connectivity index (χ0n) is 12.9. The van der Waals surface area contributed by atoms with E-state index in [-0.39, 0.29) is 17.9 Å². The van der Waals surface area contributed by atoms with Gasteiger partial charge in [0.2, 0.25) is 5.91 Å². The average Bonchev–Trinajstić information content (AvgIpc) is 2.54. The van der Waals surface area contributed by atoms with Crippen molar-refractivity contribution in [3.8, 4) is 0 Å². The largest absolute Gasteiger partial charge is 0.349 e. The van der Waals surface area contributed by atoms with E-state index in [1.165, 1.54) is 19.3 Å². The van der Waals surface area contributed by atoms with Gasteiger partial charge in [-0.25, -0.2) is 0 Å². The third kappa shape index (κ3) is 3.84. The SMILES string of the molecule is CCC(=O)N(C)c1ccccc1C(=O)NC1CCCCC1. The molecule has 0 aromatic heterocycles. The molecule has 0 spiro atoms. The van der Waals surface area contributed by atoms with Gasteiger partial charge in [-0.1, -0.05) is 38.3 Å². The average molecular weight is 288 g/mol. The highest BCUT2D eigenvalue weighted by molar-refractivity contribution is 6.04. The van der Waals surface area contributed by atoms with Crippen LogP contribution in [0.1, 0.15) is 55.8 Å². The second kappa shape index (κ2) is 7.25. The van der Waals surface area contributed by atoms with Gasteiger partial charge in [0.1, 0.15) is 0 Å². The molecule has 1 aliphatic carbocycles. The zero-order valence-corrected chi connectivity index (χ0v) is 12.9. The Bertz CT molecular complexity index is 507. The Morgan fingerprint density at radius 1 is 1.19 bits per heavy atom. The van der Waals surface area contributed by atoms with Gasteiger partial charge < -0.3 is 10.2 Å². The topological polar surface area (TPSA) is 49.4 Å². The van der Waals surface area contributed by atoms with Gasteiger partial charge in [-0.2, -0.15) is 0 Å². The predicted molar refractivity (Wildman–Crippen MR) is 84.5 cm³/mol. The lowest BCUT2D eigenvalue weighted by molar-refractivity contribution is -0.118. The molecule has 2 rings (SSSR count). The van der Waals surface area contributed by atoms with Crippen LogP contribution in [0, 0.1) is 0 Å². The molecule has 0 saturated heterocycles. The number of nitrogens with zero attached hydrogens (tertiary/aromatic N) is 1. The molecule has 0 bridgehead atoms. The van der Waals surface area contributed by atoms with Crippen molar-refractivity contribution < 1.29 is 9.59 Å². The summed E-state index contributed by atoms with van der Waals surface area (Å²) < 4.78 is 0. The Morgan fingerprint density at radius 2 is 1.86 bits per heavy atom. The van der Waals surface area contributed by atoms with E-state index in [0.717, 1.165) is 12.8 Å². The van der Waals surface area contributed by atoms with Crippen LogP contribution in [-0.2, 0) is 4.79 Å². The summed E-state index contributed by atoms with van der Waals surface area (Å²) in [5.41, 5.74) is 1.25. The molecule has 4 heteroatoms. The Balaban J connectivity index is 2.14. The summed E-state index contributed by atoms with van der Waals surface area (Å²) in [4.78, 5) is 25.9. The minimum absolute atomic E-state index is 0.00733. The lowest BCUT2D eigenvalue weighted by Crippen LogP contribution is -2.37. The van der Waals surface area contributed by atoms with Gasteiger partial charge >= 0.3 is 0 Å². The van der Waals surface area contributed by atoms with Crippen LogP contribution >= 0.6 is 0 Å². The first-order chi connectivity index (χ1) is 10.1. The monoisotopic (exact) mass is 288 g/mol. The molecule has 114 valence electrons. The molecule has 0 aliphatic heterocycles. The number of carbonyl (C=O) groups excluding carboxylic acids is 2. The molecule has 4 nitrogen and oxygen atoms in total. The Labute approximate surface area is 126 Å². The van der Waals surface area contributed by atoms with Crippen molar-refractivity contribution in [2.24, 2.45) is 0 Å². The molecule has 0 heterocycles. The van der Waals surface area contributed by atoms with Crippen LogP contribution in [0.4, 0.5) is 5.69 Å². The number of anilines is 1. The molecule has 1 fully saturated rings.